The maximum atomic E-state index is 8.46. The molecule has 74 valence electrons. The van der Waals surface area contributed by atoms with Gasteiger partial charge in [-0.15, -0.1) is 0 Å². The summed E-state index contributed by atoms with van der Waals surface area (Å²) in [5, 5.41) is 8.46. The van der Waals surface area contributed by atoms with Crippen molar-refractivity contribution in [3.05, 3.63) is 0 Å². The van der Waals surface area contributed by atoms with Gasteiger partial charge in [0.05, 0.1) is 13.2 Å². The maximum absolute atomic E-state index is 8.46. The Morgan fingerprint density at radius 3 is 2.17 bits per heavy atom. The lowest BCUT2D eigenvalue weighted by Gasteiger charge is -2.03. The van der Waals surface area contributed by atoms with Gasteiger partial charge in [-0.25, -0.2) is 0 Å². The molecule has 3 nitrogen and oxygen atoms in total. The summed E-state index contributed by atoms with van der Waals surface area (Å²) in [4.78, 5) is 0. The van der Waals surface area contributed by atoms with Gasteiger partial charge in [0.25, 0.3) is 0 Å². The summed E-state index contributed by atoms with van der Waals surface area (Å²) in [6.07, 6.45) is 2.82. The summed E-state index contributed by atoms with van der Waals surface area (Å²) in [6, 6.07) is 0. The molecule has 0 rings (SSSR count). The van der Waals surface area contributed by atoms with Crippen molar-refractivity contribution in [3.63, 3.8) is 0 Å². The standard InChI is InChI=1S/C9H20O3/c1-2-6-11-8-9-12-7-4-3-5-10/h10H,2-9H2,1H3. The Morgan fingerprint density at radius 1 is 0.917 bits per heavy atom. The molecule has 0 aromatic heterocycles. The molecule has 3 heteroatoms. The Morgan fingerprint density at radius 2 is 1.58 bits per heavy atom. The van der Waals surface area contributed by atoms with E-state index < -0.39 is 0 Å². The third-order valence-corrected chi connectivity index (χ3v) is 1.42. The molecule has 0 spiro atoms. The van der Waals surface area contributed by atoms with Crippen LogP contribution in [0.15, 0.2) is 0 Å². The van der Waals surface area contributed by atoms with Crippen LogP contribution in [0.1, 0.15) is 26.2 Å². The SMILES string of the molecule is CCCOCCOCCCCO. The molecular weight excluding hydrogens is 156 g/mol. The van der Waals surface area contributed by atoms with Gasteiger partial charge in [-0.05, 0) is 19.3 Å². The molecule has 0 aliphatic rings. The van der Waals surface area contributed by atoms with Crippen LogP contribution in [-0.4, -0.2) is 38.1 Å². The van der Waals surface area contributed by atoms with Crippen LogP contribution in [0, 0.1) is 0 Å². The summed E-state index contributed by atoms with van der Waals surface area (Å²) < 4.78 is 10.5. The lowest BCUT2D eigenvalue weighted by atomic mass is 10.3. The first-order valence-corrected chi connectivity index (χ1v) is 4.68. The number of hydrogen-bond acceptors (Lipinski definition) is 3. The molecule has 0 atom stereocenters. The van der Waals surface area contributed by atoms with Crippen molar-refractivity contribution in [2.24, 2.45) is 0 Å². The van der Waals surface area contributed by atoms with Crippen LogP contribution in [0.3, 0.4) is 0 Å². The summed E-state index contributed by atoms with van der Waals surface area (Å²) >= 11 is 0. The van der Waals surface area contributed by atoms with Crippen LogP contribution >= 0.6 is 0 Å². The third-order valence-electron chi connectivity index (χ3n) is 1.42. The molecule has 12 heavy (non-hydrogen) atoms. The lowest BCUT2D eigenvalue weighted by Crippen LogP contribution is -2.05. The number of ether oxygens (including phenoxy) is 2. The first-order chi connectivity index (χ1) is 5.91. The predicted octanol–water partition coefficient (Wildman–Crippen LogP) is 1.20. The predicted molar refractivity (Wildman–Crippen MR) is 48.2 cm³/mol. The zero-order chi connectivity index (χ0) is 9.07. The second kappa shape index (κ2) is 10.9. The van der Waals surface area contributed by atoms with Crippen molar-refractivity contribution in [1.29, 1.82) is 0 Å². The van der Waals surface area contributed by atoms with E-state index in [1.807, 2.05) is 0 Å². The molecule has 0 aromatic carbocycles. The van der Waals surface area contributed by atoms with Crippen molar-refractivity contribution in [1.82, 2.24) is 0 Å². The number of aliphatic hydroxyl groups excluding tert-OH is 1. The number of aliphatic hydroxyl groups is 1. The second-order valence-corrected chi connectivity index (χ2v) is 2.66. The van der Waals surface area contributed by atoms with Crippen LogP contribution in [0.5, 0.6) is 0 Å². The first-order valence-electron chi connectivity index (χ1n) is 4.68. The van der Waals surface area contributed by atoms with E-state index in [2.05, 4.69) is 6.92 Å². The van der Waals surface area contributed by atoms with Gasteiger partial charge in [0.15, 0.2) is 0 Å². The van der Waals surface area contributed by atoms with Crippen molar-refractivity contribution in [2.45, 2.75) is 26.2 Å². The lowest BCUT2D eigenvalue weighted by molar-refractivity contribution is 0.0455. The van der Waals surface area contributed by atoms with Gasteiger partial charge < -0.3 is 14.6 Å². The Balaban J connectivity index is 2.73. The van der Waals surface area contributed by atoms with Crippen molar-refractivity contribution >= 4 is 0 Å². The smallest absolute Gasteiger partial charge is 0.0700 e. The fourth-order valence-electron chi connectivity index (χ4n) is 0.782. The van der Waals surface area contributed by atoms with Gasteiger partial charge in [-0.1, -0.05) is 6.92 Å². The highest BCUT2D eigenvalue weighted by Gasteiger charge is 1.89. The number of hydrogen-bond donors (Lipinski definition) is 1. The van der Waals surface area contributed by atoms with E-state index in [-0.39, 0.29) is 6.61 Å². The minimum atomic E-state index is 0.260. The van der Waals surface area contributed by atoms with E-state index in [9.17, 15) is 0 Å². The van der Waals surface area contributed by atoms with Crippen LogP contribution in [-0.2, 0) is 9.47 Å². The third kappa shape index (κ3) is 9.88. The van der Waals surface area contributed by atoms with Gasteiger partial charge in [0.1, 0.15) is 0 Å². The fraction of sp³-hybridized carbons (Fsp3) is 1.00. The molecule has 0 amide bonds. The average molecular weight is 176 g/mol. The first kappa shape index (κ1) is 11.9. The Hall–Kier alpha value is -0.120. The summed E-state index contributed by atoms with van der Waals surface area (Å²) in [5.74, 6) is 0. The minimum Gasteiger partial charge on any atom is -0.396 e. The van der Waals surface area contributed by atoms with Gasteiger partial charge in [0, 0.05) is 19.8 Å². The summed E-state index contributed by atoms with van der Waals surface area (Å²) in [7, 11) is 0. The molecule has 0 heterocycles. The monoisotopic (exact) mass is 176 g/mol. The number of rotatable bonds is 9. The topological polar surface area (TPSA) is 38.7 Å². The van der Waals surface area contributed by atoms with E-state index >= 15 is 0 Å². The molecule has 0 unspecified atom stereocenters. The van der Waals surface area contributed by atoms with Gasteiger partial charge in [0.2, 0.25) is 0 Å². The van der Waals surface area contributed by atoms with Crippen LogP contribution in [0.2, 0.25) is 0 Å². The van der Waals surface area contributed by atoms with Crippen LogP contribution in [0.4, 0.5) is 0 Å². The molecule has 0 saturated carbocycles. The Bertz CT molecular complexity index is 66.2. The van der Waals surface area contributed by atoms with E-state index in [0.29, 0.717) is 13.2 Å². The molecule has 0 fully saturated rings. The normalized spacial score (nSPS) is 10.5. The van der Waals surface area contributed by atoms with Crippen LogP contribution in [0.25, 0.3) is 0 Å². The molecule has 0 radical (unpaired) electrons. The summed E-state index contributed by atoms with van der Waals surface area (Å²) in [6.45, 7) is 5.26. The van der Waals surface area contributed by atoms with E-state index in [4.69, 9.17) is 14.6 Å². The zero-order valence-corrected chi connectivity index (χ0v) is 7.92. The molecular formula is C9H20O3. The Labute approximate surface area is 74.7 Å². The van der Waals surface area contributed by atoms with E-state index in [0.717, 1.165) is 32.5 Å². The molecule has 0 aromatic rings. The van der Waals surface area contributed by atoms with E-state index in [1.165, 1.54) is 0 Å². The van der Waals surface area contributed by atoms with Gasteiger partial charge in [-0.3, -0.25) is 0 Å². The average Bonchev–Trinajstić information content (AvgIpc) is 2.10. The molecule has 0 aliphatic heterocycles. The van der Waals surface area contributed by atoms with Gasteiger partial charge >= 0.3 is 0 Å². The minimum absolute atomic E-state index is 0.260. The highest BCUT2D eigenvalue weighted by Crippen LogP contribution is 1.88. The highest BCUT2D eigenvalue weighted by atomic mass is 16.5. The van der Waals surface area contributed by atoms with Crippen LogP contribution < -0.4 is 0 Å². The molecule has 0 aliphatic carbocycles. The van der Waals surface area contributed by atoms with Gasteiger partial charge in [-0.2, -0.15) is 0 Å². The molecule has 1 N–H and O–H groups in total. The largest absolute Gasteiger partial charge is 0.396 e. The second-order valence-electron chi connectivity index (χ2n) is 2.66. The van der Waals surface area contributed by atoms with Crippen molar-refractivity contribution in [2.75, 3.05) is 33.0 Å². The Kier molecular flexibility index (Phi) is 10.8. The zero-order valence-electron chi connectivity index (χ0n) is 7.92. The maximum Gasteiger partial charge on any atom is 0.0700 e. The molecule has 0 bridgehead atoms. The van der Waals surface area contributed by atoms with Crippen molar-refractivity contribution < 1.29 is 14.6 Å². The van der Waals surface area contributed by atoms with E-state index in [1.54, 1.807) is 0 Å². The molecule has 0 saturated heterocycles. The number of unbranched alkanes of at least 4 members (excludes halogenated alkanes) is 1. The summed E-state index contributed by atoms with van der Waals surface area (Å²) in [5.41, 5.74) is 0. The van der Waals surface area contributed by atoms with Crippen molar-refractivity contribution in [3.8, 4) is 0 Å². The fourth-order valence-corrected chi connectivity index (χ4v) is 0.782. The quantitative estimate of drug-likeness (QED) is 0.536. The highest BCUT2D eigenvalue weighted by molar-refractivity contribution is 4.36.